The van der Waals surface area contributed by atoms with Gasteiger partial charge in [-0.3, -0.25) is 5.01 Å². The molecule has 0 aliphatic heterocycles. The van der Waals surface area contributed by atoms with Crippen LogP contribution in [-0.2, 0) is 6.42 Å². The first-order valence-electron chi connectivity index (χ1n) is 9.67. The van der Waals surface area contributed by atoms with Gasteiger partial charge >= 0.3 is 0 Å². The van der Waals surface area contributed by atoms with E-state index in [2.05, 4.69) is 91.0 Å². The Labute approximate surface area is 165 Å². The topological polar surface area (TPSA) is 29.3 Å². The number of fused-ring (bicyclic) bond motifs is 3. The molecule has 0 heterocycles. The monoisotopic (exact) mass is 362 g/mol. The van der Waals surface area contributed by atoms with Gasteiger partial charge in [-0.05, 0) is 39.4 Å². The van der Waals surface area contributed by atoms with E-state index in [1.54, 1.807) is 0 Å². The number of hydrogen-bond donors (Lipinski definition) is 1. The third-order valence-electron chi connectivity index (χ3n) is 5.61. The molecular formula is C26H22N2. The minimum atomic E-state index is -0.0439. The molecule has 0 unspecified atom stereocenters. The van der Waals surface area contributed by atoms with Crippen molar-refractivity contribution in [2.45, 2.75) is 12.5 Å². The minimum Gasteiger partial charge on any atom is -0.299 e. The maximum Gasteiger partial charge on any atom is 0.0952 e. The predicted octanol–water partition coefficient (Wildman–Crippen LogP) is 5.73. The molecule has 0 saturated carbocycles. The van der Waals surface area contributed by atoms with Crippen LogP contribution in [0.4, 0.5) is 5.69 Å². The van der Waals surface area contributed by atoms with Crippen LogP contribution in [0.1, 0.15) is 28.3 Å². The van der Waals surface area contributed by atoms with Crippen LogP contribution in [-0.4, -0.2) is 0 Å². The third kappa shape index (κ3) is 2.79. The summed E-state index contributed by atoms with van der Waals surface area (Å²) in [4.78, 5) is 0. The van der Waals surface area contributed by atoms with Gasteiger partial charge in [0.05, 0.1) is 11.7 Å². The Balaban J connectivity index is 1.63. The molecule has 2 heteroatoms. The second kappa shape index (κ2) is 6.99. The predicted molar refractivity (Wildman–Crippen MR) is 116 cm³/mol. The van der Waals surface area contributed by atoms with Crippen molar-refractivity contribution in [2.75, 3.05) is 5.01 Å². The largest absolute Gasteiger partial charge is 0.299 e. The van der Waals surface area contributed by atoms with Gasteiger partial charge in [0, 0.05) is 6.42 Å². The van der Waals surface area contributed by atoms with E-state index in [0.29, 0.717) is 0 Å². The highest BCUT2D eigenvalue weighted by molar-refractivity contribution is 5.82. The van der Waals surface area contributed by atoms with Gasteiger partial charge in [-0.25, -0.2) is 5.84 Å². The van der Waals surface area contributed by atoms with Gasteiger partial charge in [0.1, 0.15) is 0 Å². The lowest BCUT2D eigenvalue weighted by atomic mass is 9.96. The standard InChI is InChI=1S/C26H22N2/c27-28(26(19-10-3-1-4-11-19)20-12-5-2-6-13-20)25-17-9-16-23-22-15-8-7-14-21(22)18-24(23)25/h1-17,26H,18,27H2. The highest BCUT2D eigenvalue weighted by Gasteiger charge is 2.26. The van der Waals surface area contributed by atoms with E-state index in [1.165, 1.54) is 33.4 Å². The number of benzene rings is 4. The molecule has 0 bridgehead atoms. The van der Waals surface area contributed by atoms with Crippen molar-refractivity contribution in [3.63, 3.8) is 0 Å². The third-order valence-corrected chi connectivity index (χ3v) is 5.61. The minimum absolute atomic E-state index is 0.0439. The summed E-state index contributed by atoms with van der Waals surface area (Å²) >= 11 is 0. The molecule has 136 valence electrons. The van der Waals surface area contributed by atoms with E-state index in [-0.39, 0.29) is 6.04 Å². The van der Waals surface area contributed by atoms with Crippen LogP contribution < -0.4 is 10.9 Å². The number of nitrogens with two attached hydrogens (primary N) is 1. The Morgan fingerprint density at radius 2 is 1.18 bits per heavy atom. The quantitative estimate of drug-likeness (QED) is 0.327. The number of anilines is 1. The van der Waals surface area contributed by atoms with Crippen molar-refractivity contribution in [3.05, 3.63) is 125 Å². The first kappa shape index (κ1) is 16.8. The Morgan fingerprint density at radius 1 is 0.607 bits per heavy atom. The lowest BCUT2D eigenvalue weighted by molar-refractivity contribution is 0.732. The summed E-state index contributed by atoms with van der Waals surface area (Å²) in [5, 5.41) is 1.94. The Kier molecular flexibility index (Phi) is 4.19. The van der Waals surface area contributed by atoms with Crippen molar-refractivity contribution < 1.29 is 0 Å². The summed E-state index contributed by atoms with van der Waals surface area (Å²) in [7, 11) is 0. The van der Waals surface area contributed by atoms with Gasteiger partial charge in [0.15, 0.2) is 0 Å². The first-order chi connectivity index (χ1) is 13.8. The number of rotatable bonds is 4. The molecule has 0 saturated heterocycles. The summed E-state index contributed by atoms with van der Waals surface area (Å²) in [5.74, 6) is 6.84. The van der Waals surface area contributed by atoms with E-state index in [9.17, 15) is 0 Å². The molecule has 1 aliphatic rings. The van der Waals surface area contributed by atoms with Gasteiger partial charge in [0.25, 0.3) is 0 Å². The molecule has 2 N–H and O–H groups in total. The smallest absolute Gasteiger partial charge is 0.0952 e. The van der Waals surface area contributed by atoms with Crippen LogP contribution >= 0.6 is 0 Å². The zero-order chi connectivity index (χ0) is 18.9. The van der Waals surface area contributed by atoms with Gasteiger partial charge in [-0.15, -0.1) is 0 Å². The van der Waals surface area contributed by atoms with E-state index in [1.807, 2.05) is 17.1 Å². The highest BCUT2D eigenvalue weighted by Crippen LogP contribution is 2.42. The molecule has 5 rings (SSSR count). The van der Waals surface area contributed by atoms with Crippen LogP contribution in [0.3, 0.4) is 0 Å². The maximum atomic E-state index is 6.84. The molecule has 1 aliphatic carbocycles. The van der Waals surface area contributed by atoms with E-state index in [0.717, 1.165) is 12.1 Å². The molecule has 0 spiro atoms. The Morgan fingerprint density at radius 3 is 1.86 bits per heavy atom. The molecule has 0 aromatic heterocycles. The summed E-state index contributed by atoms with van der Waals surface area (Å²) < 4.78 is 0. The molecule has 4 aromatic rings. The lowest BCUT2D eigenvalue weighted by Gasteiger charge is -2.32. The second-order valence-electron chi connectivity index (χ2n) is 7.27. The summed E-state index contributed by atoms with van der Waals surface area (Å²) in [6.07, 6.45) is 0.922. The fraction of sp³-hybridized carbons (Fsp3) is 0.0769. The van der Waals surface area contributed by atoms with Crippen LogP contribution in [0.25, 0.3) is 11.1 Å². The van der Waals surface area contributed by atoms with Crippen molar-refractivity contribution in [3.8, 4) is 11.1 Å². The number of nitrogens with zero attached hydrogens (tertiary/aromatic N) is 1. The van der Waals surface area contributed by atoms with Gasteiger partial charge < -0.3 is 0 Å². The van der Waals surface area contributed by atoms with Crippen LogP contribution in [0.5, 0.6) is 0 Å². The molecule has 4 aromatic carbocycles. The van der Waals surface area contributed by atoms with Crippen molar-refractivity contribution >= 4 is 5.69 Å². The second-order valence-corrected chi connectivity index (χ2v) is 7.27. The Bertz CT molecular complexity index is 1060. The molecule has 0 atom stereocenters. The molecule has 0 radical (unpaired) electrons. The summed E-state index contributed by atoms with van der Waals surface area (Å²) in [6, 6.07) is 36.0. The number of hydrogen-bond acceptors (Lipinski definition) is 2. The average Bonchev–Trinajstić information content (AvgIpc) is 3.14. The van der Waals surface area contributed by atoms with Crippen molar-refractivity contribution in [1.82, 2.24) is 0 Å². The molecule has 2 nitrogen and oxygen atoms in total. The zero-order valence-corrected chi connectivity index (χ0v) is 15.6. The molecule has 0 fully saturated rings. The fourth-order valence-electron chi connectivity index (χ4n) is 4.31. The van der Waals surface area contributed by atoms with Gasteiger partial charge in [0.2, 0.25) is 0 Å². The number of hydrazine groups is 1. The van der Waals surface area contributed by atoms with Crippen molar-refractivity contribution in [1.29, 1.82) is 0 Å². The van der Waals surface area contributed by atoms with E-state index < -0.39 is 0 Å². The average molecular weight is 362 g/mol. The van der Waals surface area contributed by atoms with Gasteiger partial charge in [-0.1, -0.05) is 97.1 Å². The fourth-order valence-corrected chi connectivity index (χ4v) is 4.31. The maximum absolute atomic E-state index is 6.84. The van der Waals surface area contributed by atoms with Crippen LogP contribution in [0.2, 0.25) is 0 Å². The van der Waals surface area contributed by atoms with E-state index in [4.69, 9.17) is 5.84 Å². The van der Waals surface area contributed by atoms with Crippen LogP contribution in [0, 0.1) is 0 Å². The first-order valence-corrected chi connectivity index (χ1v) is 9.67. The molecule has 0 amide bonds. The van der Waals surface area contributed by atoms with E-state index >= 15 is 0 Å². The molecular weight excluding hydrogens is 340 g/mol. The normalized spacial score (nSPS) is 11.9. The van der Waals surface area contributed by atoms with Gasteiger partial charge in [-0.2, -0.15) is 0 Å². The summed E-state index contributed by atoms with van der Waals surface area (Å²) in [6.45, 7) is 0. The Hall–Kier alpha value is -3.36. The molecule has 28 heavy (non-hydrogen) atoms. The van der Waals surface area contributed by atoms with Crippen LogP contribution in [0.15, 0.2) is 103 Å². The van der Waals surface area contributed by atoms with Crippen molar-refractivity contribution in [2.24, 2.45) is 5.84 Å². The SMILES string of the molecule is NN(c1cccc2c1Cc1ccccc1-2)C(c1ccccc1)c1ccccc1. The highest BCUT2D eigenvalue weighted by atomic mass is 15.4. The summed E-state index contributed by atoms with van der Waals surface area (Å²) in [5.41, 5.74) is 8.75. The lowest BCUT2D eigenvalue weighted by Crippen LogP contribution is -2.36. The zero-order valence-electron chi connectivity index (χ0n) is 15.6.